The zero-order valence-corrected chi connectivity index (χ0v) is 9.19. The van der Waals surface area contributed by atoms with E-state index in [0.29, 0.717) is 0 Å². The van der Waals surface area contributed by atoms with Crippen LogP contribution in [0.4, 0.5) is 24.8 Å². The topological polar surface area (TPSA) is 90.2 Å². The lowest BCUT2D eigenvalue weighted by atomic mass is 10.4. The van der Waals surface area contributed by atoms with Crippen molar-refractivity contribution in [2.75, 3.05) is 19.0 Å². The summed E-state index contributed by atoms with van der Waals surface area (Å²) in [5, 5.41) is 13.1. The van der Waals surface area contributed by atoms with Crippen LogP contribution in [0.15, 0.2) is 6.20 Å². The smallest absolute Gasteiger partial charge is 0.392 e. The van der Waals surface area contributed by atoms with E-state index in [1.165, 1.54) is 7.05 Å². The number of anilines is 1. The summed E-state index contributed by atoms with van der Waals surface area (Å²) in [4.78, 5) is 16.9. The Bertz CT molecular complexity index is 438. The maximum atomic E-state index is 11.9. The van der Waals surface area contributed by atoms with Crippen LogP contribution in [0.1, 0.15) is 6.42 Å². The van der Waals surface area contributed by atoms with Crippen LogP contribution < -0.4 is 10.1 Å². The minimum Gasteiger partial charge on any atom is -0.472 e. The lowest BCUT2D eigenvalue weighted by Gasteiger charge is -2.08. The molecular formula is C8H9F3N4O3. The minimum atomic E-state index is -4.40. The summed E-state index contributed by atoms with van der Waals surface area (Å²) >= 11 is 0. The first-order chi connectivity index (χ1) is 8.33. The third-order valence-electron chi connectivity index (χ3n) is 1.78. The number of hydrogen-bond donors (Lipinski definition) is 1. The fraction of sp³-hybridized carbons (Fsp3) is 0.500. The Kier molecular flexibility index (Phi) is 4.23. The van der Waals surface area contributed by atoms with E-state index in [4.69, 9.17) is 0 Å². The van der Waals surface area contributed by atoms with Gasteiger partial charge < -0.3 is 10.1 Å². The monoisotopic (exact) mass is 266 g/mol. The van der Waals surface area contributed by atoms with Gasteiger partial charge in [-0.15, -0.1) is 0 Å². The van der Waals surface area contributed by atoms with E-state index in [9.17, 15) is 23.3 Å². The number of nitrogens with zero attached hydrogens (tertiary/aromatic N) is 3. The van der Waals surface area contributed by atoms with Gasteiger partial charge in [-0.05, 0) is 0 Å². The Morgan fingerprint density at radius 3 is 2.72 bits per heavy atom. The van der Waals surface area contributed by atoms with Gasteiger partial charge in [0.25, 0.3) is 5.88 Å². The molecule has 18 heavy (non-hydrogen) atoms. The molecule has 1 aromatic rings. The first-order valence-corrected chi connectivity index (χ1v) is 4.72. The predicted octanol–water partition coefficient (Wildman–Crippen LogP) is 1.76. The SMILES string of the molecule is CNc1ncc([N+](=O)[O-])c(OCCC(F)(F)F)n1. The number of nitro groups is 1. The zero-order chi connectivity index (χ0) is 13.8. The molecule has 0 saturated carbocycles. The van der Waals surface area contributed by atoms with Gasteiger partial charge in [-0.3, -0.25) is 10.1 Å². The summed E-state index contributed by atoms with van der Waals surface area (Å²) < 4.78 is 40.4. The lowest BCUT2D eigenvalue weighted by molar-refractivity contribution is -0.386. The van der Waals surface area contributed by atoms with Crippen LogP contribution in [0.5, 0.6) is 5.88 Å². The van der Waals surface area contributed by atoms with Crippen molar-refractivity contribution in [3.63, 3.8) is 0 Å². The summed E-state index contributed by atoms with van der Waals surface area (Å²) in [6, 6.07) is 0. The van der Waals surface area contributed by atoms with Crippen LogP contribution in [0, 0.1) is 10.1 Å². The molecule has 0 saturated heterocycles. The van der Waals surface area contributed by atoms with E-state index in [1.807, 2.05) is 0 Å². The Hall–Kier alpha value is -2.13. The molecule has 0 amide bonds. The van der Waals surface area contributed by atoms with Crippen LogP contribution >= 0.6 is 0 Å². The Morgan fingerprint density at radius 1 is 1.56 bits per heavy atom. The van der Waals surface area contributed by atoms with Gasteiger partial charge in [0, 0.05) is 7.05 Å². The number of aromatic nitrogens is 2. The molecule has 0 fully saturated rings. The molecule has 0 aromatic carbocycles. The fourth-order valence-electron chi connectivity index (χ4n) is 0.975. The van der Waals surface area contributed by atoms with Crippen molar-refractivity contribution >= 4 is 11.6 Å². The van der Waals surface area contributed by atoms with E-state index >= 15 is 0 Å². The number of nitrogens with one attached hydrogen (secondary N) is 1. The van der Waals surface area contributed by atoms with Crippen LogP contribution in [-0.2, 0) is 0 Å². The second-order valence-electron chi connectivity index (χ2n) is 3.10. The highest BCUT2D eigenvalue weighted by Crippen LogP contribution is 2.26. The highest BCUT2D eigenvalue weighted by molar-refractivity contribution is 5.42. The third kappa shape index (κ3) is 4.03. The number of rotatable bonds is 5. The van der Waals surface area contributed by atoms with E-state index in [-0.39, 0.29) is 5.95 Å². The van der Waals surface area contributed by atoms with Crippen molar-refractivity contribution in [1.82, 2.24) is 9.97 Å². The minimum absolute atomic E-state index is 0.0163. The Balaban J connectivity index is 2.81. The molecule has 0 aliphatic rings. The molecule has 0 bridgehead atoms. The summed E-state index contributed by atoms with van der Waals surface area (Å²) in [5.41, 5.74) is -0.587. The van der Waals surface area contributed by atoms with Crippen LogP contribution in [0.2, 0.25) is 0 Å². The molecule has 10 heteroatoms. The molecule has 1 rings (SSSR count). The van der Waals surface area contributed by atoms with Gasteiger partial charge in [-0.1, -0.05) is 0 Å². The quantitative estimate of drug-likeness (QED) is 0.645. The molecule has 100 valence electrons. The van der Waals surface area contributed by atoms with E-state index < -0.39 is 35.7 Å². The third-order valence-corrected chi connectivity index (χ3v) is 1.78. The molecule has 1 heterocycles. The number of halogens is 3. The highest BCUT2D eigenvalue weighted by Gasteiger charge is 2.28. The largest absolute Gasteiger partial charge is 0.472 e. The number of hydrogen-bond acceptors (Lipinski definition) is 6. The van der Waals surface area contributed by atoms with Gasteiger partial charge in [0.1, 0.15) is 6.20 Å². The summed E-state index contributed by atoms with van der Waals surface area (Å²) in [6.07, 6.45) is -4.75. The van der Waals surface area contributed by atoms with Crippen molar-refractivity contribution < 1.29 is 22.8 Å². The van der Waals surface area contributed by atoms with Crippen molar-refractivity contribution in [2.45, 2.75) is 12.6 Å². The summed E-state index contributed by atoms with van der Waals surface area (Å²) in [5.74, 6) is -0.480. The molecule has 0 aliphatic carbocycles. The van der Waals surface area contributed by atoms with Gasteiger partial charge in [-0.2, -0.15) is 18.2 Å². The molecule has 0 spiro atoms. The second kappa shape index (κ2) is 5.47. The maximum Gasteiger partial charge on any atom is 0.392 e. The maximum absolute atomic E-state index is 11.9. The Morgan fingerprint density at radius 2 is 2.22 bits per heavy atom. The van der Waals surface area contributed by atoms with Gasteiger partial charge in [0.2, 0.25) is 5.95 Å². The predicted molar refractivity (Wildman–Crippen MR) is 54.4 cm³/mol. The molecule has 0 atom stereocenters. The van der Waals surface area contributed by atoms with Crippen molar-refractivity contribution in [3.05, 3.63) is 16.3 Å². The van der Waals surface area contributed by atoms with Gasteiger partial charge in [-0.25, -0.2) is 4.98 Å². The summed E-state index contributed by atoms with van der Waals surface area (Å²) in [6.45, 7) is -0.746. The molecule has 1 aromatic heterocycles. The molecule has 0 unspecified atom stereocenters. The molecule has 0 aliphatic heterocycles. The number of ether oxygens (including phenoxy) is 1. The molecule has 7 nitrogen and oxygen atoms in total. The van der Waals surface area contributed by atoms with E-state index in [1.54, 1.807) is 0 Å². The van der Waals surface area contributed by atoms with E-state index in [2.05, 4.69) is 20.0 Å². The molecule has 0 radical (unpaired) electrons. The second-order valence-corrected chi connectivity index (χ2v) is 3.10. The first kappa shape index (κ1) is 13.9. The van der Waals surface area contributed by atoms with Gasteiger partial charge in [0.05, 0.1) is 18.0 Å². The average molecular weight is 266 g/mol. The van der Waals surface area contributed by atoms with Gasteiger partial charge in [0.15, 0.2) is 0 Å². The normalized spacial score (nSPS) is 11.1. The highest BCUT2D eigenvalue weighted by atomic mass is 19.4. The van der Waals surface area contributed by atoms with Crippen molar-refractivity contribution in [3.8, 4) is 5.88 Å². The van der Waals surface area contributed by atoms with Gasteiger partial charge >= 0.3 is 11.9 Å². The molecular weight excluding hydrogens is 257 g/mol. The number of alkyl halides is 3. The zero-order valence-electron chi connectivity index (χ0n) is 9.19. The van der Waals surface area contributed by atoms with Crippen LogP contribution in [-0.4, -0.2) is 34.7 Å². The first-order valence-electron chi connectivity index (χ1n) is 4.72. The molecule has 1 N–H and O–H groups in total. The summed E-state index contributed by atoms with van der Waals surface area (Å²) in [7, 11) is 1.46. The lowest BCUT2D eigenvalue weighted by Crippen LogP contribution is -2.14. The van der Waals surface area contributed by atoms with Crippen LogP contribution in [0.3, 0.4) is 0 Å². The average Bonchev–Trinajstić information content (AvgIpc) is 2.26. The fourth-order valence-corrected chi connectivity index (χ4v) is 0.975. The van der Waals surface area contributed by atoms with Crippen molar-refractivity contribution in [2.24, 2.45) is 0 Å². The van der Waals surface area contributed by atoms with Crippen molar-refractivity contribution in [1.29, 1.82) is 0 Å². The van der Waals surface area contributed by atoms with E-state index in [0.717, 1.165) is 6.20 Å². The standard InChI is InChI=1S/C8H9F3N4O3/c1-12-7-13-4-5(15(16)17)6(14-7)18-3-2-8(9,10)11/h4H,2-3H2,1H3,(H,12,13,14). The van der Waals surface area contributed by atoms with Crippen LogP contribution in [0.25, 0.3) is 0 Å². The Labute approximate surface area is 99.1 Å².